The first kappa shape index (κ1) is 16.2. The predicted molar refractivity (Wildman–Crippen MR) is 96.4 cm³/mol. The van der Waals surface area contributed by atoms with Gasteiger partial charge in [0.1, 0.15) is 0 Å². The third-order valence-electron chi connectivity index (χ3n) is 4.72. The molecule has 2 fully saturated rings. The number of rotatable bonds is 4. The topological polar surface area (TPSA) is 66.4 Å². The van der Waals surface area contributed by atoms with Crippen molar-refractivity contribution < 1.29 is 9.59 Å². The van der Waals surface area contributed by atoms with Gasteiger partial charge in [0.15, 0.2) is 11.6 Å². The average molecular weight is 356 g/mol. The first-order valence-corrected chi connectivity index (χ1v) is 9.42. The first-order chi connectivity index (χ1) is 12.1. The molecular formula is C18H20N4O2S. The fourth-order valence-corrected chi connectivity index (χ4v) is 3.91. The Hall–Kier alpha value is -2.28. The van der Waals surface area contributed by atoms with Gasteiger partial charge in [-0.15, -0.1) is 16.4 Å². The normalized spacial score (nSPS) is 17.6. The highest BCUT2D eigenvalue weighted by atomic mass is 32.1. The van der Waals surface area contributed by atoms with Gasteiger partial charge in [0.05, 0.1) is 15.4 Å². The van der Waals surface area contributed by atoms with Crippen LogP contribution in [0.4, 0.5) is 5.82 Å². The van der Waals surface area contributed by atoms with Gasteiger partial charge in [-0.1, -0.05) is 0 Å². The lowest BCUT2D eigenvalue weighted by Gasteiger charge is -2.35. The molecule has 0 spiro atoms. The van der Waals surface area contributed by atoms with Crippen LogP contribution in [0, 0.1) is 0 Å². The second kappa shape index (κ2) is 6.55. The van der Waals surface area contributed by atoms with E-state index in [9.17, 15) is 9.59 Å². The van der Waals surface area contributed by atoms with Crippen molar-refractivity contribution in [2.24, 2.45) is 0 Å². The van der Waals surface area contributed by atoms with Gasteiger partial charge < -0.3 is 9.80 Å². The highest BCUT2D eigenvalue weighted by Gasteiger charge is 2.27. The number of ketones is 1. The van der Waals surface area contributed by atoms with Gasteiger partial charge in [-0.2, -0.15) is 5.10 Å². The Morgan fingerprint density at radius 3 is 2.28 bits per heavy atom. The van der Waals surface area contributed by atoms with Crippen LogP contribution in [0.5, 0.6) is 0 Å². The zero-order chi connectivity index (χ0) is 17.4. The maximum atomic E-state index is 12.6. The summed E-state index contributed by atoms with van der Waals surface area (Å²) in [5.41, 5.74) is 1.09. The Morgan fingerprint density at radius 2 is 1.72 bits per heavy atom. The molecule has 1 aliphatic carbocycles. The van der Waals surface area contributed by atoms with Crippen molar-refractivity contribution in [1.82, 2.24) is 15.1 Å². The minimum Gasteiger partial charge on any atom is -0.352 e. The molecular weight excluding hydrogens is 336 g/mol. The maximum absolute atomic E-state index is 12.6. The molecule has 25 heavy (non-hydrogen) atoms. The molecule has 0 bridgehead atoms. The van der Waals surface area contributed by atoms with Crippen LogP contribution in [0.2, 0.25) is 0 Å². The molecule has 1 aliphatic heterocycles. The summed E-state index contributed by atoms with van der Waals surface area (Å²) in [6.07, 6.45) is 2.45. The Labute approximate surface area is 150 Å². The fraction of sp³-hybridized carbons (Fsp3) is 0.444. The number of anilines is 1. The SMILES string of the molecule is CC(=O)c1ccc(C(=O)N2CCN(c3ccc(C4CC4)nn3)CC2)s1. The molecule has 0 atom stereocenters. The van der Waals surface area contributed by atoms with E-state index in [0.717, 1.165) is 24.6 Å². The summed E-state index contributed by atoms with van der Waals surface area (Å²) in [5, 5.41) is 8.69. The summed E-state index contributed by atoms with van der Waals surface area (Å²) in [7, 11) is 0. The Balaban J connectivity index is 1.37. The molecule has 2 aromatic rings. The largest absolute Gasteiger partial charge is 0.352 e. The molecule has 2 aromatic heterocycles. The fourth-order valence-electron chi connectivity index (χ4n) is 3.04. The van der Waals surface area contributed by atoms with Gasteiger partial charge in [0.2, 0.25) is 0 Å². The van der Waals surface area contributed by atoms with Crippen molar-refractivity contribution in [2.75, 3.05) is 31.1 Å². The third kappa shape index (κ3) is 3.42. The Bertz CT molecular complexity index is 790. The number of aromatic nitrogens is 2. The van der Waals surface area contributed by atoms with E-state index < -0.39 is 0 Å². The predicted octanol–water partition coefficient (Wildman–Crippen LogP) is 2.58. The van der Waals surface area contributed by atoms with Crippen LogP contribution in [0.1, 0.15) is 50.7 Å². The van der Waals surface area contributed by atoms with Crippen LogP contribution >= 0.6 is 11.3 Å². The lowest BCUT2D eigenvalue weighted by atomic mass is 10.2. The average Bonchev–Trinajstić information content (AvgIpc) is 3.37. The van der Waals surface area contributed by atoms with Crippen LogP contribution in [0.25, 0.3) is 0 Å². The number of hydrogen-bond donors (Lipinski definition) is 0. The van der Waals surface area contributed by atoms with Crippen molar-refractivity contribution in [3.05, 3.63) is 39.7 Å². The van der Waals surface area contributed by atoms with E-state index in [1.165, 1.54) is 31.1 Å². The molecule has 1 saturated heterocycles. The number of piperazine rings is 1. The smallest absolute Gasteiger partial charge is 0.264 e. The minimum absolute atomic E-state index is 0.00193. The number of carbonyl (C=O) groups is 2. The summed E-state index contributed by atoms with van der Waals surface area (Å²) in [6.45, 7) is 4.31. The minimum atomic E-state index is 0.00193. The summed E-state index contributed by atoms with van der Waals surface area (Å²) in [6, 6.07) is 7.59. The molecule has 3 heterocycles. The summed E-state index contributed by atoms with van der Waals surface area (Å²) in [5.74, 6) is 1.50. The van der Waals surface area contributed by atoms with Gasteiger partial charge in [-0.05, 0) is 44.0 Å². The number of thiophene rings is 1. The lowest BCUT2D eigenvalue weighted by Crippen LogP contribution is -2.49. The number of Topliss-reactive ketones (excluding diaryl/α,β-unsaturated/α-hetero) is 1. The van der Waals surface area contributed by atoms with Crippen molar-refractivity contribution in [3.63, 3.8) is 0 Å². The second-order valence-corrected chi connectivity index (χ2v) is 7.67. The van der Waals surface area contributed by atoms with Gasteiger partial charge in [0.25, 0.3) is 5.91 Å². The lowest BCUT2D eigenvalue weighted by molar-refractivity contribution is 0.0751. The summed E-state index contributed by atoms with van der Waals surface area (Å²) < 4.78 is 0. The molecule has 0 radical (unpaired) electrons. The standard InChI is InChI=1S/C18H20N4O2S/c1-12(23)15-5-6-16(25-15)18(24)22-10-8-21(9-11-22)17-7-4-14(19-20-17)13-2-3-13/h4-7,13H,2-3,8-11H2,1H3. The highest BCUT2D eigenvalue weighted by Crippen LogP contribution is 2.38. The van der Waals surface area contributed by atoms with E-state index in [-0.39, 0.29) is 11.7 Å². The van der Waals surface area contributed by atoms with Gasteiger partial charge in [0, 0.05) is 32.1 Å². The van der Waals surface area contributed by atoms with Crippen LogP contribution in [0.3, 0.4) is 0 Å². The first-order valence-electron chi connectivity index (χ1n) is 8.60. The van der Waals surface area contributed by atoms with E-state index in [4.69, 9.17) is 0 Å². The Morgan fingerprint density at radius 1 is 1.00 bits per heavy atom. The zero-order valence-corrected chi connectivity index (χ0v) is 15.0. The van der Waals surface area contributed by atoms with Gasteiger partial charge >= 0.3 is 0 Å². The second-order valence-electron chi connectivity index (χ2n) is 6.59. The number of nitrogens with zero attached hydrogens (tertiary/aromatic N) is 4. The Kier molecular flexibility index (Phi) is 4.25. The van der Waals surface area contributed by atoms with Gasteiger partial charge in [-0.3, -0.25) is 9.59 Å². The monoisotopic (exact) mass is 356 g/mol. The van der Waals surface area contributed by atoms with Crippen LogP contribution < -0.4 is 4.90 Å². The molecule has 0 aromatic carbocycles. The molecule has 6 nitrogen and oxygen atoms in total. The van der Waals surface area contributed by atoms with E-state index in [2.05, 4.69) is 21.2 Å². The number of amides is 1. The maximum Gasteiger partial charge on any atom is 0.264 e. The molecule has 1 saturated carbocycles. The molecule has 130 valence electrons. The number of hydrogen-bond acceptors (Lipinski definition) is 6. The third-order valence-corrected chi connectivity index (χ3v) is 5.90. The van der Waals surface area contributed by atoms with Crippen LogP contribution in [-0.2, 0) is 0 Å². The van der Waals surface area contributed by atoms with E-state index in [0.29, 0.717) is 28.8 Å². The van der Waals surface area contributed by atoms with Crippen LogP contribution in [-0.4, -0.2) is 53.0 Å². The van der Waals surface area contributed by atoms with E-state index in [1.54, 1.807) is 12.1 Å². The molecule has 4 rings (SSSR count). The summed E-state index contributed by atoms with van der Waals surface area (Å²) >= 11 is 1.27. The quantitative estimate of drug-likeness (QED) is 0.788. The molecule has 0 N–H and O–H groups in total. The van der Waals surface area contributed by atoms with Crippen molar-refractivity contribution in [2.45, 2.75) is 25.7 Å². The zero-order valence-electron chi connectivity index (χ0n) is 14.1. The van der Waals surface area contributed by atoms with E-state index >= 15 is 0 Å². The van der Waals surface area contributed by atoms with Crippen molar-refractivity contribution in [3.8, 4) is 0 Å². The molecule has 0 unspecified atom stereocenters. The molecule has 7 heteroatoms. The summed E-state index contributed by atoms with van der Waals surface area (Å²) in [4.78, 5) is 29.3. The van der Waals surface area contributed by atoms with Crippen molar-refractivity contribution in [1.29, 1.82) is 0 Å². The van der Waals surface area contributed by atoms with E-state index in [1.807, 2.05) is 11.0 Å². The molecule has 1 amide bonds. The highest BCUT2D eigenvalue weighted by molar-refractivity contribution is 7.15. The molecule has 2 aliphatic rings. The van der Waals surface area contributed by atoms with Crippen LogP contribution in [0.15, 0.2) is 24.3 Å². The van der Waals surface area contributed by atoms with Gasteiger partial charge in [-0.25, -0.2) is 0 Å². The van der Waals surface area contributed by atoms with Crippen molar-refractivity contribution >= 4 is 28.8 Å². The number of carbonyl (C=O) groups excluding carboxylic acids is 2.